The first-order chi connectivity index (χ1) is 14.7. The molecule has 2 rings (SSSR count). The van der Waals surface area contributed by atoms with Crippen LogP contribution in [0.1, 0.15) is 57.9 Å². The lowest BCUT2D eigenvalue weighted by Crippen LogP contribution is -2.02. The Morgan fingerprint density at radius 2 is 1.63 bits per heavy atom. The normalized spacial score (nSPS) is 11.5. The predicted molar refractivity (Wildman–Crippen MR) is 118 cm³/mol. The van der Waals surface area contributed by atoms with Crippen LogP contribution < -0.4 is 4.74 Å². The Hall–Kier alpha value is -2.73. The number of aliphatic carboxylic acids is 1. The zero-order valence-electron chi connectivity index (χ0n) is 18.0. The molecule has 0 aliphatic carbocycles. The Morgan fingerprint density at radius 3 is 2.27 bits per heavy atom. The van der Waals surface area contributed by atoms with Crippen LogP contribution in [-0.2, 0) is 9.53 Å². The fourth-order valence-corrected chi connectivity index (χ4v) is 2.80. The van der Waals surface area contributed by atoms with Gasteiger partial charge in [0.2, 0.25) is 0 Å². The van der Waals surface area contributed by atoms with Crippen molar-refractivity contribution >= 4 is 11.5 Å². The Balaban J connectivity index is 1.85. The van der Waals surface area contributed by atoms with E-state index in [9.17, 15) is 9.90 Å². The molecule has 0 atom stereocenters. The van der Waals surface area contributed by atoms with Crippen LogP contribution in [0.15, 0.2) is 42.7 Å². The molecule has 0 unspecified atom stereocenters. The molecule has 0 saturated heterocycles. The summed E-state index contributed by atoms with van der Waals surface area (Å²) in [7, 11) is 0. The molecule has 0 saturated carbocycles. The van der Waals surface area contributed by atoms with Gasteiger partial charge in [-0.05, 0) is 31.2 Å². The van der Waals surface area contributed by atoms with Gasteiger partial charge in [-0.1, -0.05) is 57.0 Å². The monoisotopic (exact) mass is 412 g/mol. The molecule has 162 valence electrons. The van der Waals surface area contributed by atoms with Crippen molar-refractivity contribution in [3.05, 3.63) is 48.3 Å². The highest BCUT2D eigenvalue weighted by molar-refractivity contribution is 6.15. The first-order valence-electron chi connectivity index (χ1n) is 10.7. The maximum Gasteiger partial charge on any atom is 0.335 e. The second-order valence-electron chi connectivity index (χ2n) is 7.05. The van der Waals surface area contributed by atoms with Crippen LogP contribution in [0.2, 0.25) is 0 Å². The molecule has 6 heteroatoms. The molecule has 6 nitrogen and oxygen atoms in total. The van der Waals surface area contributed by atoms with E-state index in [1.54, 1.807) is 30.6 Å². The van der Waals surface area contributed by atoms with Crippen LogP contribution in [0.4, 0.5) is 0 Å². The van der Waals surface area contributed by atoms with Gasteiger partial charge < -0.3 is 14.6 Å². The quantitative estimate of drug-likeness (QED) is 0.331. The van der Waals surface area contributed by atoms with Gasteiger partial charge in [0.1, 0.15) is 0 Å². The third kappa shape index (κ3) is 7.95. The number of allylic oxidation sites excluding steroid dienone is 1. The molecule has 0 spiro atoms. The minimum Gasteiger partial charge on any atom is -0.490 e. The number of hydrogen-bond acceptors (Lipinski definition) is 5. The van der Waals surface area contributed by atoms with E-state index in [2.05, 4.69) is 16.9 Å². The minimum absolute atomic E-state index is 0.323. The van der Waals surface area contributed by atoms with Crippen LogP contribution in [0.3, 0.4) is 0 Å². The van der Waals surface area contributed by atoms with Crippen LogP contribution in [-0.4, -0.2) is 40.9 Å². The summed E-state index contributed by atoms with van der Waals surface area (Å²) in [4.78, 5) is 20.2. The lowest BCUT2D eigenvalue weighted by molar-refractivity contribution is -0.130. The van der Waals surface area contributed by atoms with E-state index >= 15 is 0 Å². The summed E-state index contributed by atoms with van der Waals surface area (Å²) in [5, 5.41) is 9.41. The van der Waals surface area contributed by atoms with Crippen LogP contribution in [0.5, 0.6) is 5.75 Å². The summed E-state index contributed by atoms with van der Waals surface area (Å²) in [6.07, 6.45) is 10.9. The lowest BCUT2D eigenvalue weighted by atomic mass is 10.0. The zero-order chi connectivity index (χ0) is 21.6. The summed E-state index contributed by atoms with van der Waals surface area (Å²) >= 11 is 0. The highest BCUT2D eigenvalue weighted by atomic mass is 16.5. The SMILES string of the molecule is CCCC=C(C(=O)O)c1ccc(-c2ncc(OCCCCOCCCC)cn2)cc1. The molecule has 2 aromatic rings. The van der Waals surface area contributed by atoms with Crippen molar-refractivity contribution in [2.45, 2.75) is 52.4 Å². The largest absolute Gasteiger partial charge is 0.490 e. The molecule has 0 bridgehead atoms. The lowest BCUT2D eigenvalue weighted by Gasteiger charge is -2.07. The van der Waals surface area contributed by atoms with Crippen LogP contribution in [0.25, 0.3) is 17.0 Å². The molecular weight excluding hydrogens is 380 g/mol. The van der Waals surface area contributed by atoms with E-state index in [-0.39, 0.29) is 0 Å². The summed E-state index contributed by atoms with van der Waals surface area (Å²) < 4.78 is 11.2. The number of ether oxygens (including phenoxy) is 2. The topological polar surface area (TPSA) is 81.5 Å². The second-order valence-corrected chi connectivity index (χ2v) is 7.05. The van der Waals surface area contributed by atoms with Crippen LogP contribution in [0, 0.1) is 0 Å². The minimum atomic E-state index is -0.915. The maximum absolute atomic E-state index is 11.5. The fourth-order valence-electron chi connectivity index (χ4n) is 2.80. The van der Waals surface area contributed by atoms with Gasteiger partial charge >= 0.3 is 5.97 Å². The zero-order valence-corrected chi connectivity index (χ0v) is 18.0. The number of hydrogen-bond donors (Lipinski definition) is 1. The van der Waals surface area contributed by atoms with Gasteiger partial charge in [-0.3, -0.25) is 0 Å². The third-order valence-corrected chi connectivity index (χ3v) is 4.54. The van der Waals surface area contributed by atoms with Crippen molar-refractivity contribution in [3.63, 3.8) is 0 Å². The number of rotatable bonds is 14. The number of unbranched alkanes of at least 4 members (excludes halogenated alkanes) is 3. The van der Waals surface area contributed by atoms with Crippen molar-refractivity contribution in [2.75, 3.05) is 19.8 Å². The molecule has 0 amide bonds. The summed E-state index contributed by atoms with van der Waals surface area (Å²) in [6, 6.07) is 7.27. The fraction of sp³-hybridized carbons (Fsp3) is 0.458. The first-order valence-corrected chi connectivity index (χ1v) is 10.7. The van der Waals surface area contributed by atoms with Gasteiger partial charge in [-0.2, -0.15) is 0 Å². The average Bonchev–Trinajstić information content (AvgIpc) is 2.76. The van der Waals surface area contributed by atoms with Crippen LogP contribution >= 0.6 is 0 Å². The number of carbonyl (C=O) groups is 1. The van der Waals surface area contributed by atoms with E-state index in [4.69, 9.17) is 9.47 Å². The molecule has 0 radical (unpaired) electrons. The molecule has 0 aliphatic rings. The molecule has 1 aromatic carbocycles. The van der Waals surface area contributed by atoms with Crippen molar-refractivity contribution in [1.29, 1.82) is 0 Å². The number of carboxylic acid groups (broad SMARTS) is 1. The summed E-state index contributed by atoms with van der Waals surface area (Å²) in [6.45, 7) is 6.39. The number of benzene rings is 1. The Labute approximate surface area is 179 Å². The molecular formula is C24H32N2O4. The smallest absolute Gasteiger partial charge is 0.335 e. The van der Waals surface area contributed by atoms with Gasteiger partial charge in [-0.25, -0.2) is 14.8 Å². The maximum atomic E-state index is 11.5. The third-order valence-electron chi connectivity index (χ3n) is 4.54. The Bertz CT molecular complexity index is 786. The van der Waals surface area contributed by atoms with E-state index < -0.39 is 5.97 Å². The van der Waals surface area contributed by atoms with E-state index in [0.29, 0.717) is 29.3 Å². The molecule has 30 heavy (non-hydrogen) atoms. The second kappa shape index (κ2) is 13.5. The summed E-state index contributed by atoms with van der Waals surface area (Å²) in [5.41, 5.74) is 1.83. The van der Waals surface area contributed by atoms with Gasteiger partial charge in [0.25, 0.3) is 0 Å². The molecule has 1 heterocycles. The van der Waals surface area contributed by atoms with Gasteiger partial charge in [0, 0.05) is 18.8 Å². The molecule has 0 fully saturated rings. The van der Waals surface area contributed by atoms with Crippen molar-refractivity contribution in [3.8, 4) is 17.1 Å². The molecule has 1 aromatic heterocycles. The number of carboxylic acids is 1. The Kier molecular flexibility index (Phi) is 10.6. The standard InChI is InChI=1S/C24H32N2O4/c1-3-5-9-22(24(27)28)19-10-12-20(13-11-19)23-25-17-21(18-26-23)30-16-8-7-15-29-14-6-4-2/h9-13,17-18H,3-8,14-16H2,1-2H3,(H,27,28). The predicted octanol–water partition coefficient (Wildman–Crippen LogP) is 5.39. The van der Waals surface area contributed by atoms with Crippen molar-refractivity contribution in [1.82, 2.24) is 9.97 Å². The van der Waals surface area contributed by atoms with Crippen molar-refractivity contribution < 1.29 is 19.4 Å². The highest BCUT2D eigenvalue weighted by Crippen LogP contribution is 2.22. The highest BCUT2D eigenvalue weighted by Gasteiger charge is 2.10. The number of aromatic nitrogens is 2. The van der Waals surface area contributed by atoms with Gasteiger partial charge in [0.05, 0.1) is 24.6 Å². The van der Waals surface area contributed by atoms with Crippen molar-refractivity contribution in [2.24, 2.45) is 0 Å². The first kappa shape index (κ1) is 23.5. The number of nitrogens with zero attached hydrogens (tertiary/aromatic N) is 2. The molecule has 1 N–H and O–H groups in total. The van der Waals surface area contributed by atoms with Gasteiger partial charge in [0.15, 0.2) is 11.6 Å². The molecule has 0 aliphatic heterocycles. The average molecular weight is 413 g/mol. The Morgan fingerprint density at radius 1 is 0.967 bits per heavy atom. The van der Waals surface area contributed by atoms with E-state index in [1.807, 2.05) is 19.1 Å². The van der Waals surface area contributed by atoms with Gasteiger partial charge in [-0.15, -0.1) is 0 Å². The van der Waals surface area contributed by atoms with E-state index in [1.165, 1.54) is 0 Å². The van der Waals surface area contributed by atoms with E-state index in [0.717, 1.165) is 57.3 Å². The summed E-state index contributed by atoms with van der Waals surface area (Å²) in [5.74, 6) is 0.298.